The first kappa shape index (κ1) is 42.9. The Morgan fingerprint density at radius 1 is 0.681 bits per heavy atom. The summed E-state index contributed by atoms with van der Waals surface area (Å²) >= 11 is 0. The molecule has 47 heavy (non-hydrogen) atoms. The fourth-order valence-electron chi connectivity index (χ4n) is 5.14. The van der Waals surface area contributed by atoms with E-state index < -0.39 is 55.4 Å². The van der Waals surface area contributed by atoms with Crippen LogP contribution < -0.4 is 0 Å². The van der Waals surface area contributed by atoms with Crippen molar-refractivity contribution in [1.82, 2.24) is 0 Å². The summed E-state index contributed by atoms with van der Waals surface area (Å²) in [6.45, 7) is 3.22. The summed E-state index contributed by atoms with van der Waals surface area (Å²) in [6, 6.07) is 0. The molecule has 10 nitrogen and oxygen atoms in total. The van der Waals surface area contributed by atoms with Crippen molar-refractivity contribution in [3.05, 3.63) is 36.5 Å². The Bertz CT molecular complexity index is 871. The number of carbonyl (C=O) groups is 2. The van der Waals surface area contributed by atoms with Crippen LogP contribution in [0.25, 0.3) is 0 Å². The Hall–Kier alpha value is -2.08. The van der Waals surface area contributed by atoms with E-state index in [0.29, 0.717) is 6.42 Å². The summed E-state index contributed by atoms with van der Waals surface area (Å²) < 4.78 is 21.9. The van der Waals surface area contributed by atoms with Crippen LogP contribution in [0.15, 0.2) is 36.5 Å². The third-order valence-electron chi connectivity index (χ3n) is 8.04. The molecule has 1 saturated heterocycles. The van der Waals surface area contributed by atoms with Crippen molar-refractivity contribution in [2.24, 2.45) is 0 Å². The first-order chi connectivity index (χ1) is 22.8. The molecule has 10 heteroatoms. The molecule has 0 amide bonds. The molecule has 0 aliphatic carbocycles. The fourth-order valence-corrected chi connectivity index (χ4v) is 5.14. The number of ether oxygens (including phenoxy) is 4. The maximum absolute atomic E-state index is 12.6. The van der Waals surface area contributed by atoms with Crippen molar-refractivity contribution in [2.75, 3.05) is 19.8 Å². The molecular formula is C37H64O10. The normalized spacial score (nSPS) is 22.4. The predicted octanol–water partition coefficient (Wildman–Crippen LogP) is 5.99. The highest BCUT2D eigenvalue weighted by Gasteiger charge is 2.44. The molecule has 0 aromatic rings. The van der Waals surface area contributed by atoms with E-state index in [0.717, 1.165) is 64.2 Å². The molecule has 6 unspecified atom stereocenters. The van der Waals surface area contributed by atoms with Crippen LogP contribution in [0.4, 0.5) is 0 Å². The molecule has 1 fully saturated rings. The Balaban J connectivity index is 2.46. The van der Waals surface area contributed by atoms with Crippen molar-refractivity contribution in [1.29, 1.82) is 0 Å². The maximum atomic E-state index is 12.6. The van der Waals surface area contributed by atoms with E-state index in [1.54, 1.807) is 0 Å². The summed E-state index contributed by atoms with van der Waals surface area (Å²) in [5.74, 6) is -0.848. The Morgan fingerprint density at radius 3 is 1.89 bits per heavy atom. The van der Waals surface area contributed by atoms with Gasteiger partial charge in [0, 0.05) is 12.8 Å². The maximum Gasteiger partial charge on any atom is 0.306 e. The van der Waals surface area contributed by atoms with Gasteiger partial charge in [-0.1, -0.05) is 108 Å². The molecule has 6 atom stereocenters. The lowest BCUT2D eigenvalue weighted by atomic mass is 9.99. The number of esters is 2. The van der Waals surface area contributed by atoms with Gasteiger partial charge in [-0.15, -0.1) is 0 Å². The van der Waals surface area contributed by atoms with Gasteiger partial charge in [0.05, 0.1) is 13.2 Å². The van der Waals surface area contributed by atoms with Crippen LogP contribution in [0.5, 0.6) is 0 Å². The minimum atomic E-state index is -1.60. The second kappa shape index (κ2) is 28.9. The third kappa shape index (κ3) is 21.5. The highest BCUT2D eigenvalue weighted by Crippen LogP contribution is 2.22. The Labute approximate surface area is 283 Å². The molecule has 1 aliphatic heterocycles. The summed E-state index contributed by atoms with van der Waals surface area (Å²) in [7, 11) is 0. The van der Waals surface area contributed by atoms with Crippen molar-refractivity contribution in [3.63, 3.8) is 0 Å². The summed E-state index contributed by atoms with van der Waals surface area (Å²) in [6.07, 6.45) is 21.7. The molecule has 1 aliphatic rings. The number of aliphatic hydroxyl groups excluding tert-OH is 4. The van der Waals surface area contributed by atoms with Crippen molar-refractivity contribution >= 4 is 11.9 Å². The van der Waals surface area contributed by atoms with Crippen LogP contribution in [0.2, 0.25) is 0 Å². The van der Waals surface area contributed by atoms with Gasteiger partial charge in [0.2, 0.25) is 0 Å². The lowest BCUT2D eigenvalue weighted by Gasteiger charge is -2.39. The number of unbranched alkanes of at least 4 members (excludes halogenated alkanes) is 11. The van der Waals surface area contributed by atoms with Gasteiger partial charge in [0.25, 0.3) is 0 Å². The smallest absolute Gasteiger partial charge is 0.306 e. The molecule has 4 N–H and O–H groups in total. The van der Waals surface area contributed by atoms with E-state index in [4.69, 9.17) is 18.9 Å². The van der Waals surface area contributed by atoms with Gasteiger partial charge in [0.15, 0.2) is 12.4 Å². The minimum Gasteiger partial charge on any atom is -0.462 e. The molecular weight excluding hydrogens is 604 g/mol. The van der Waals surface area contributed by atoms with E-state index in [-0.39, 0.29) is 26.1 Å². The molecule has 0 aromatic carbocycles. The standard InChI is InChI=1S/C37H64O10/c1-3-5-7-9-11-13-14-15-16-18-20-22-24-26-33(40)46-30(29-45-37-36(43)35(42)34(41)31(27-38)47-37)28-44-32(39)25-23-21-19-17-12-10-8-6-4-2/h5,7,11,13,15-16,30-31,34-38,41-43H,3-4,6,8-10,12,14,17-29H2,1-2H3/b7-5-,13-11-,16-15-. The van der Waals surface area contributed by atoms with E-state index >= 15 is 0 Å². The predicted molar refractivity (Wildman–Crippen MR) is 182 cm³/mol. The zero-order valence-electron chi connectivity index (χ0n) is 29.0. The Morgan fingerprint density at radius 2 is 1.26 bits per heavy atom. The topological polar surface area (TPSA) is 152 Å². The third-order valence-corrected chi connectivity index (χ3v) is 8.04. The number of rotatable bonds is 28. The van der Waals surface area contributed by atoms with Crippen LogP contribution in [0, 0.1) is 0 Å². The lowest BCUT2D eigenvalue weighted by molar-refractivity contribution is -0.305. The van der Waals surface area contributed by atoms with Crippen LogP contribution in [0.1, 0.15) is 129 Å². The average molecular weight is 669 g/mol. The largest absolute Gasteiger partial charge is 0.462 e. The molecule has 0 bridgehead atoms. The van der Waals surface area contributed by atoms with E-state index in [2.05, 4.69) is 50.3 Å². The van der Waals surface area contributed by atoms with Gasteiger partial charge in [-0.3, -0.25) is 9.59 Å². The van der Waals surface area contributed by atoms with Gasteiger partial charge < -0.3 is 39.4 Å². The molecule has 1 rings (SSSR count). The molecule has 0 aromatic heterocycles. The average Bonchev–Trinajstić information content (AvgIpc) is 3.06. The van der Waals surface area contributed by atoms with E-state index in [1.165, 1.54) is 32.1 Å². The molecule has 1 heterocycles. The number of hydrogen-bond acceptors (Lipinski definition) is 10. The highest BCUT2D eigenvalue weighted by atomic mass is 16.7. The zero-order chi connectivity index (χ0) is 34.5. The first-order valence-electron chi connectivity index (χ1n) is 18.1. The second-order valence-corrected chi connectivity index (χ2v) is 12.3. The number of aliphatic hydroxyl groups is 4. The fraction of sp³-hybridized carbons (Fsp3) is 0.784. The SMILES string of the molecule is CC/C=C\C/C=C\C/C=C\CCCCCC(=O)OC(COC(=O)CCCCCCCCCCC)COC1OC(CO)C(O)C(O)C1O. The Kier molecular flexibility index (Phi) is 26.4. The quantitative estimate of drug-likeness (QED) is 0.0445. The minimum absolute atomic E-state index is 0.195. The second-order valence-electron chi connectivity index (χ2n) is 12.3. The van der Waals surface area contributed by atoms with Crippen LogP contribution >= 0.6 is 0 Å². The highest BCUT2D eigenvalue weighted by molar-refractivity contribution is 5.70. The lowest BCUT2D eigenvalue weighted by Crippen LogP contribution is -2.59. The molecule has 0 radical (unpaired) electrons. The summed E-state index contributed by atoms with van der Waals surface area (Å²) in [5, 5.41) is 39.8. The van der Waals surface area contributed by atoms with Gasteiger partial charge in [-0.25, -0.2) is 0 Å². The molecule has 0 spiro atoms. The monoisotopic (exact) mass is 668 g/mol. The van der Waals surface area contributed by atoms with Gasteiger partial charge in [-0.2, -0.15) is 0 Å². The van der Waals surface area contributed by atoms with Crippen molar-refractivity contribution in [3.8, 4) is 0 Å². The van der Waals surface area contributed by atoms with E-state index in [1.807, 2.05) is 0 Å². The van der Waals surface area contributed by atoms with Gasteiger partial charge in [0.1, 0.15) is 31.0 Å². The summed E-state index contributed by atoms with van der Waals surface area (Å²) in [4.78, 5) is 25.0. The first-order valence-corrected chi connectivity index (χ1v) is 18.1. The van der Waals surface area contributed by atoms with Crippen molar-refractivity contribution in [2.45, 2.75) is 166 Å². The number of carbonyl (C=O) groups excluding carboxylic acids is 2. The summed E-state index contributed by atoms with van der Waals surface area (Å²) in [5.41, 5.74) is 0. The van der Waals surface area contributed by atoms with Crippen LogP contribution in [-0.4, -0.2) is 89.0 Å². The molecule has 272 valence electrons. The number of allylic oxidation sites excluding steroid dienone is 6. The zero-order valence-corrected chi connectivity index (χ0v) is 29.0. The molecule has 0 saturated carbocycles. The number of hydrogen-bond donors (Lipinski definition) is 4. The van der Waals surface area contributed by atoms with Crippen LogP contribution in [-0.2, 0) is 28.5 Å². The van der Waals surface area contributed by atoms with Crippen molar-refractivity contribution < 1.29 is 49.0 Å². The van der Waals surface area contributed by atoms with Gasteiger partial charge in [-0.05, 0) is 44.9 Å². The van der Waals surface area contributed by atoms with Gasteiger partial charge >= 0.3 is 11.9 Å². The van der Waals surface area contributed by atoms with Crippen LogP contribution in [0.3, 0.4) is 0 Å². The van der Waals surface area contributed by atoms with E-state index in [9.17, 15) is 30.0 Å².